The average Bonchev–Trinajstić information content (AvgIpc) is 3.19. The van der Waals surface area contributed by atoms with Gasteiger partial charge in [0.25, 0.3) is 0 Å². The molecular formula is C23H20Cl3N5O2S. The van der Waals surface area contributed by atoms with Crippen LogP contribution < -0.4 is 14.9 Å². The monoisotopic (exact) mass is 535 g/mol. The van der Waals surface area contributed by atoms with Crippen LogP contribution in [0.25, 0.3) is 11.4 Å². The van der Waals surface area contributed by atoms with Crippen molar-refractivity contribution in [2.24, 2.45) is 0 Å². The van der Waals surface area contributed by atoms with E-state index in [4.69, 9.17) is 56.5 Å². The van der Waals surface area contributed by atoms with Gasteiger partial charge in [0.15, 0.2) is 17.3 Å². The summed E-state index contributed by atoms with van der Waals surface area (Å²) < 4.78 is 13.9. The molecule has 0 saturated carbocycles. The fraction of sp³-hybridized carbons (Fsp3) is 0.174. The van der Waals surface area contributed by atoms with Crippen LogP contribution in [0.15, 0.2) is 54.9 Å². The first-order chi connectivity index (χ1) is 16.5. The van der Waals surface area contributed by atoms with E-state index < -0.39 is 0 Å². The molecule has 0 amide bonds. The molecule has 0 aliphatic rings. The van der Waals surface area contributed by atoms with Gasteiger partial charge in [0.2, 0.25) is 4.77 Å². The molecule has 4 rings (SSSR count). The lowest BCUT2D eigenvalue weighted by Crippen LogP contribution is -2.16. The number of rotatable bonds is 9. The van der Waals surface area contributed by atoms with Crippen molar-refractivity contribution >= 4 is 47.0 Å². The summed E-state index contributed by atoms with van der Waals surface area (Å²) in [4.78, 5) is 4.04. The first-order valence-electron chi connectivity index (χ1n) is 10.3. The summed E-state index contributed by atoms with van der Waals surface area (Å²) >= 11 is 24.5. The van der Waals surface area contributed by atoms with Crippen molar-refractivity contribution in [3.05, 3.63) is 85.8 Å². The standard InChI is InChI=1S/C23H20Cl3N5O2S/c1-2-32-20-11-14(10-19(26)21(20)33-13-16-17(24)4-3-5-18(16)25)12-28-31-22(29-30-23(31)34)15-6-8-27-9-7-15/h3-11,28H,2,12-13H2,1H3,(H,30,34). The van der Waals surface area contributed by atoms with Gasteiger partial charge in [0.05, 0.1) is 18.2 Å². The molecular weight excluding hydrogens is 517 g/mol. The number of benzene rings is 2. The van der Waals surface area contributed by atoms with Crippen LogP contribution in [0, 0.1) is 4.77 Å². The zero-order chi connectivity index (χ0) is 24.1. The molecule has 2 N–H and O–H groups in total. The molecule has 0 atom stereocenters. The second-order valence-corrected chi connectivity index (χ2v) is 8.69. The van der Waals surface area contributed by atoms with E-state index in [1.807, 2.05) is 25.1 Å². The van der Waals surface area contributed by atoms with Gasteiger partial charge in [-0.15, -0.1) is 0 Å². The fourth-order valence-electron chi connectivity index (χ4n) is 3.25. The molecule has 11 heteroatoms. The van der Waals surface area contributed by atoms with Gasteiger partial charge in [0.1, 0.15) is 6.61 Å². The Morgan fingerprint density at radius 3 is 2.47 bits per heavy atom. The van der Waals surface area contributed by atoms with E-state index in [0.29, 0.717) is 55.9 Å². The van der Waals surface area contributed by atoms with E-state index in [1.54, 1.807) is 41.3 Å². The SMILES string of the molecule is CCOc1cc(CNn2c(-c3ccncc3)n[nH]c2=S)cc(Cl)c1OCc1c(Cl)cccc1Cl. The third kappa shape index (κ3) is 5.47. The number of aromatic amines is 1. The largest absolute Gasteiger partial charge is 0.490 e. The maximum absolute atomic E-state index is 6.58. The number of pyridine rings is 1. The molecule has 4 aromatic rings. The van der Waals surface area contributed by atoms with Crippen molar-refractivity contribution in [2.75, 3.05) is 12.0 Å². The number of nitrogens with zero attached hydrogens (tertiary/aromatic N) is 3. The lowest BCUT2D eigenvalue weighted by molar-refractivity contribution is 0.269. The molecule has 0 aliphatic carbocycles. The highest BCUT2D eigenvalue weighted by molar-refractivity contribution is 7.71. The normalized spacial score (nSPS) is 10.8. The lowest BCUT2D eigenvalue weighted by Gasteiger charge is -2.17. The van der Waals surface area contributed by atoms with E-state index in [-0.39, 0.29) is 6.61 Å². The molecule has 7 nitrogen and oxygen atoms in total. The smallest absolute Gasteiger partial charge is 0.214 e. The predicted molar refractivity (Wildman–Crippen MR) is 137 cm³/mol. The highest BCUT2D eigenvalue weighted by Crippen LogP contribution is 2.38. The summed E-state index contributed by atoms with van der Waals surface area (Å²) in [5.41, 5.74) is 5.67. The van der Waals surface area contributed by atoms with Gasteiger partial charge in [-0.2, -0.15) is 5.10 Å². The number of nitrogens with one attached hydrogen (secondary N) is 2. The molecule has 2 aromatic carbocycles. The Morgan fingerprint density at radius 2 is 1.76 bits per heavy atom. The maximum Gasteiger partial charge on any atom is 0.214 e. The van der Waals surface area contributed by atoms with Crippen molar-refractivity contribution in [3.63, 3.8) is 0 Å². The molecule has 34 heavy (non-hydrogen) atoms. The number of hydrogen-bond acceptors (Lipinski definition) is 6. The Morgan fingerprint density at radius 1 is 1.03 bits per heavy atom. The molecule has 0 saturated heterocycles. The Kier molecular flexibility index (Phi) is 7.95. The summed E-state index contributed by atoms with van der Waals surface area (Å²) in [6, 6.07) is 12.7. The Bertz CT molecular complexity index is 1320. The van der Waals surface area contributed by atoms with Gasteiger partial charge in [-0.05, 0) is 61.1 Å². The minimum atomic E-state index is 0.148. The van der Waals surface area contributed by atoms with Gasteiger partial charge in [0, 0.05) is 33.6 Å². The van der Waals surface area contributed by atoms with Gasteiger partial charge < -0.3 is 14.9 Å². The molecule has 0 aliphatic heterocycles. The van der Waals surface area contributed by atoms with Gasteiger partial charge in [-0.3, -0.25) is 4.98 Å². The van der Waals surface area contributed by atoms with Crippen LogP contribution in [0.4, 0.5) is 0 Å². The van der Waals surface area contributed by atoms with Crippen molar-refractivity contribution in [1.82, 2.24) is 19.9 Å². The van der Waals surface area contributed by atoms with Crippen LogP contribution in [-0.2, 0) is 13.2 Å². The van der Waals surface area contributed by atoms with Crippen molar-refractivity contribution in [3.8, 4) is 22.9 Å². The van der Waals surface area contributed by atoms with Crippen molar-refractivity contribution < 1.29 is 9.47 Å². The topological polar surface area (TPSA) is 77.0 Å². The number of H-pyrrole nitrogens is 1. The van der Waals surface area contributed by atoms with E-state index in [1.165, 1.54) is 0 Å². The maximum atomic E-state index is 6.58. The van der Waals surface area contributed by atoms with E-state index in [0.717, 1.165) is 11.1 Å². The van der Waals surface area contributed by atoms with Crippen LogP contribution in [0.1, 0.15) is 18.1 Å². The summed E-state index contributed by atoms with van der Waals surface area (Å²) in [5.74, 6) is 1.57. The number of hydrogen-bond donors (Lipinski definition) is 2. The van der Waals surface area contributed by atoms with Crippen LogP contribution in [0.3, 0.4) is 0 Å². The second-order valence-electron chi connectivity index (χ2n) is 7.09. The number of halogens is 3. The zero-order valence-electron chi connectivity index (χ0n) is 18.0. The highest BCUT2D eigenvalue weighted by atomic mass is 35.5. The summed E-state index contributed by atoms with van der Waals surface area (Å²) in [7, 11) is 0. The zero-order valence-corrected chi connectivity index (χ0v) is 21.1. The molecule has 2 heterocycles. The summed E-state index contributed by atoms with van der Waals surface area (Å²) in [5, 5.41) is 8.55. The molecule has 0 spiro atoms. The molecule has 2 aromatic heterocycles. The third-order valence-electron chi connectivity index (χ3n) is 4.84. The van der Waals surface area contributed by atoms with E-state index >= 15 is 0 Å². The molecule has 0 unspecified atom stereocenters. The minimum absolute atomic E-state index is 0.148. The van der Waals surface area contributed by atoms with Crippen molar-refractivity contribution in [1.29, 1.82) is 0 Å². The Labute approximate surface area is 216 Å². The van der Waals surface area contributed by atoms with Crippen LogP contribution >= 0.6 is 47.0 Å². The molecule has 0 fully saturated rings. The van der Waals surface area contributed by atoms with Crippen LogP contribution in [-0.4, -0.2) is 26.5 Å². The minimum Gasteiger partial charge on any atom is -0.490 e. The first-order valence-corrected chi connectivity index (χ1v) is 11.8. The van der Waals surface area contributed by atoms with Gasteiger partial charge in [-0.25, -0.2) is 9.77 Å². The van der Waals surface area contributed by atoms with Crippen LogP contribution in [0.5, 0.6) is 11.5 Å². The molecule has 0 bridgehead atoms. The lowest BCUT2D eigenvalue weighted by atomic mass is 10.2. The van der Waals surface area contributed by atoms with Gasteiger partial charge in [-0.1, -0.05) is 40.9 Å². The highest BCUT2D eigenvalue weighted by Gasteiger charge is 2.16. The van der Waals surface area contributed by atoms with Gasteiger partial charge >= 0.3 is 0 Å². The predicted octanol–water partition coefficient (Wildman–Crippen LogP) is 6.68. The van der Waals surface area contributed by atoms with Crippen LogP contribution in [0.2, 0.25) is 15.1 Å². The number of aromatic nitrogens is 4. The Hall–Kier alpha value is -2.78. The molecule has 176 valence electrons. The van der Waals surface area contributed by atoms with E-state index in [2.05, 4.69) is 20.6 Å². The average molecular weight is 537 g/mol. The number of ether oxygens (including phenoxy) is 2. The summed E-state index contributed by atoms with van der Waals surface area (Å²) in [6.07, 6.45) is 3.39. The Balaban J connectivity index is 1.56. The molecule has 0 radical (unpaired) electrons. The quantitative estimate of drug-likeness (QED) is 0.232. The first kappa shape index (κ1) is 24.3. The van der Waals surface area contributed by atoms with E-state index in [9.17, 15) is 0 Å². The fourth-order valence-corrected chi connectivity index (χ4v) is 4.24. The second kappa shape index (κ2) is 11.1. The summed E-state index contributed by atoms with van der Waals surface area (Å²) in [6.45, 7) is 2.88. The third-order valence-corrected chi connectivity index (χ3v) is 6.11. The van der Waals surface area contributed by atoms with Crippen molar-refractivity contribution in [2.45, 2.75) is 20.1 Å².